The lowest BCUT2D eigenvalue weighted by atomic mass is 10.2. The number of rotatable bonds is 5. The highest BCUT2D eigenvalue weighted by Gasteiger charge is 2.11. The zero-order valence-corrected chi connectivity index (χ0v) is 15.4. The minimum Gasteiger partial charge on any atom is -0.490 e. The highest BCUT2D eigenvalue weighted by Crippen LogP contribution is 2.28. The Morgan fingerprint density at radius 2 is 1.85 bits per heavy atom. The molecule has 26 heavy (non-hydrogen) atoms. The Labute approximate surface area is 154 Å². The molecule has 0 fully saturated rings. The van der Waals surface area contributed by atoms with Crippen molar-refractivity contribution in [2.24, 2.45) is 0 Å². The number of hydrogen-bond acceptors (Lipinski definition) is 5. The number of thiazole rings is 1. The molecule has 2 heterocycles. The van der Waals surface area contributed by atoms with Gasteiger partial charge >= 0.3 is 0 Å². The molecule has 4 rings (SSSR count). The Morgan fingerprint density at radius 3 is 2.65 bits per heavy atom. The Kier molecular flexibility index (Phi) is 4.34. The van der Waals surface area contributed by atoms with E-state index in [1.54, 1.807) is 4.40 Å². The van der Waals surface area contributed by atoms with Gasteiger partial charge in [0, 0.05) is 0 Å². The molecule has 0 N–H and O–H groups in total. The number of aromatic nitrogens is 2. The van der Waals surface area contributed by atoms with Crippen molar-refractivity contribution in [1.82, 2.24) is 9.38 Å². The van der Waals surface area contributed by atoms with Crippen LogP contribution in [0.4, 0.5) is 0 Å². The fraction of sp³-hybridized carbons (Fsp3) is 0.200. The molecule has 0 aliphatic carbocycles. The van der Waals surface area contributed by atoms with Crippen LogP contribution >= 0.6 is 11.3 Å². The van der Waals surface area contributed by atoms with Gasteiger partial charge in [-0.3, -0.25) is 4.79 Å². The molecule has 2 aromatic heterocycles. The molecule has 5 nitrogen and oxygen atoms in total. The first kappa shape index (κ1) is 16.6. The molecule has 0 bridgehead atoms. The molecule has 0 aliphatic heterocycles. The minimum absolute atomic E-state index is 0.0504. The topological polar surface area (TPSA) is 52.8 Å². The number of ether oxygens (including phenoxy) is 2. The molecule has 0 amide bonds. The van der Waals surface area contributed by atoms with Crippen LogP contribution in [0.2, 0.25) is 0 Å². The predicted octanol–water partition coefficient (Wildman–Crippen LogP) is 3.25. The van der Waals surface area contributed by atoms with Crippen LogP contribution in [0.1, 0.15) is 19.4 Å². The van der Waals surface area contributed by atoms with E-state index in [1.165, 1.54) is 11.3 Å². The molecule has 0 unspecified atom stereocenters. The fourth-order valence-corrected chi connectivity index (χ4v) is 3.91. The summed E-state index contributed by atoms with van der Waals surface area (Å²) in [5.74, 6) is 1.39. The maximum absolute atomic E-state index is 12.8. The lowest BCUT2D eigenvalue weighted by Crippen LogP contribution is -2.22. The smallest absolute Gasteiger partial charge is 0.274 e. The average molecular weight is 366 g/mol. The first-order valence-corrected chi connectivity index (χ1v) is 9.34. The van der Waals surface area contributed by atoms with E-state index in [0.717, 1.165) is 16.6 Å². The van der Waals surface area contributed by atoms with Gasteiger partial charge < -0.3 is 9.47 Å². The molecule has 0 aliphatic rings. The van der Waals surface area contributed by atoms with Crippen LogP contribution in [0, 0.1) is 0 Å². The van der Waals surface area contributed by atoms with Gasteiger partial charge in [0.15, 0.2) is 16.5 Å². The highest BCUT2D eigenvalue weighted by atomic mass is 32.1. The van der Waals surface area contributed by atoms with Crippen LogP contribution in [0.15, 0.2) is 47.3 Å². The summed E-state index contributed by atoms with van der Waals surface area (Å²) in [6.45, 7) is 4.99. The van der Waals surface area contributed by atoms with Gasteiger partial charge in [0.1, 0.15) is 0 Å². The molecule has 132 valence electrons. The van der Waals surface area contributed by atoms with E-state index in [9.17, 15) is 4.79 Å². The second-order valence-electron chi connectivity index (χ2n) is 5.71. The summed E-state index contributed by atoms with van der Waals surface area (Å²) < 4.78 is 13.6. The second-order valence-corrected chi connectivity index (χ2v) is 6.72. The minimum atomic E-state index is -0.0504. The van der Waals surface area contributed by atoms with E-state index in [2.05, 4.69) is 4.98 Å². The lowest BCUT2D eigenvalue weighted by molar-refractivity contribution is 0.287. The van der Waals surface area contributed by atoms with Crippen molar-refractivity contribution >= 4 is 33.4 Å². The van der Waals surface area contributed by atoms with Crippen LogP contribution in [0.5, 0.6) is 11.5 Å². The third kappa shape index (κ3) is 2.82. The summed E-state index contributed by atoms with van der Waals surface area (Å²) in [6.07, 6.45) is 1.87. The number of fused-ring (bicyclic) bond motifs is 3. The summed E-state index contributed by atoms with van der Waals surface area (Å²) in [4.78, 5) is 18.1. The van der Waals surface area contributed by atoms with Crippen molar-refractivity contribution in [2.45, 2.75) is 13.8 Å². The van der Waals surface area contributed by atoms with E-state index in [1.807, 2.05) is 62.4 Å². The summed E-state index contributed by atoms with van der Waals surface area (Å²) in [6, 6.07) is 13.4. The first-order chi connectivity index (χ1) is 12.7. The quantitative estimate of drug-likeness (QED) is 0.544. The normalized spacial score (nSPS) is 12.2. The van der Waals surface area contributed by atoms with Gasteiger partial charge in [0.2, 0.25) is 0 Å². The molecule has 4 aromatic rings. The zero-order valence-electron chi connectivity index (χ0n) is 14.6. The zero-order chi connectivity index (χ0) is 18.1. The molecule has 0 saturated heterocycles. The van der Waals surface area contributed by atoms with E-state index in [-0.39, 0.29) is 5.56 Å². The lowest BCUT2D eigenvalue weighted by Gasteiger charge is -2.11. The third-order valence-electron chi connectivity index (χ3n) is 4.01. The van der Waals surface area contributed by atoms with Crippen LogP contribution in [-0.4, -0.2) is 22.6 Å². The molecule has 0 saturated carbocycles. The van der Waals surface area contributed by atoms with Crippen LogP contribution < -0.4 is 19.6 Å². The number of hydrogen-bond donors (Lipinski definition) is 0. The summed E-state index contributed by atoms with van der Waals surface area (Å²) >= 11 is 1.39. The van der Waals surface area contributed by atoms with Gasteiger partial charge in [0.25, 0.3) is 5.56 Å². The number of imidazole rings is 1. The third-order valence-corrected chi connectivity index (χ3v) is 4.98. The van der Waals surface area contributed by atoms with Crippen molar-refractivity contribution in [3.05, 3.63) is 62.9 Å². The van der Waals surface area contributed by atoms with Crippen molar-refractivity contribution in [2.75, 3.05) is 13.2 Å². The van der Waals surface area contributed by atoms with Gasteiger partial charge in [-0.1, -0.05) is 29.5 Å². The monoisotopic (exact) mass is 366 g/mol. The van der Waals surface area contributed by atoms with E-state index < -0.39 is 0 Å². The molecule has 2 aromatic carbocycles. The number of nitrogens with zero attached hydrogens (tertiary/aromatic N) is 2. The predicted molar refractivity (Wildman–Crippen MR) is 104 cm³/mol. The fourth-order valence-electron chi connectivity index (χ4n) is 2.92. The molecular weight excluding hydrogens is 348 g/mol. The van der Waals surface area contributed by atoms with Crippen LogP contribution in [0.3, 0.4) is 0 Å². The van der Waals surface area contributed by atoms with Gasteiger partial charge in [-0.25, -0.2) is 9.38 Å². The van der Waals surface area contributed by atoms with Gasteiger partial charge in [-0.2, -0.15) is 0 Å². The maximum atomic E-state index is 12.8. The standard InChI is InChI=1S/C20H18N2O3S/c1-3-24-16-10-9-13(11-17(16)25-4-2)12-18-19(23)22-15-8-6-5-7-14(15)21-20(22)26-18/h5-12H,3-4H2,1-2H3/b18-12-. The largest absolute Gasteiger partial charge is 0.490 e. The van der Waals surface area contributed by atoms with Crippen molar-refractivity contribution in [1.29, 1.82) is 0 Å². The Bertz CT molecular complexity index is 1190. The van der Waals surface area contributed by atoms with E-state index >= 15 is 0 Å². The number of benzene rings is 2. The summed E-state index contributed by atoms with van der Waals surface area (Å²) in [7, 11) is 0. The Hall–Kier alpha value is -2.86. The van der Waals surface area contributed by atoms with Crippen LogP contribution in [0.25, 0.3) is 22.1 Å². The Balaban J connectivity index is 1.84. The summed E-state index contributed by atoms with van der Waals surface area (Å²) in [5.41, 5.74) is 2.51. The molecular formula is C20H18N2O3S. The first-order valence-electron chi connectivity index (χ1n) is 8.52. The average Bonchev–Trinajstić information content (AvgIpc) is 3.14. The van der Waals surface area contributed by atoms with Crippen molar-refractivity contribution < 1.29 is 9.47 Å². The van der Waals surface area contributed by atoms with Gasteiger partial charge in [-0.05, 0) is 49.8 Å². The second kappa shape index (κ2) is 6.80. The molecule has 6 heteroatoms. The van der Waals surface area contributed by atoms with E-state index in [4.69, 9.17) is 9.47 Å². The molecule has 0 atom stereocenters. The summed E-state index contributed by atoms with van der Waals surface area (Å²) in [5, 5.41) is 0. The Morgan fingerprint density at radius 1 is 1.08 bits per heavy atom. The number of para-hydroxylation sites is 2. The maximum Gasteiger partial charge on any atom is 0.274 e. The SMILES string of the molecule is CCOc1ccc(/C=c2\sc3nc4ccccc4n3c2=O)cc1OCC. The molecule has 0 radical (unpaired) electrons. The van der Waals surface area contributed by atoms with Gasteiger partial charge in [0.05, 0.1) is 28.8 Å². The van der Waals surface area contributed by atoms with Crippen LogP contribution in [-0.2, 0) is 0 Å². The van der Waals surface area contributed by atoms with Crippen molar-refractivity contribution in [3.8, 4) is 11.5 Å². The van der Waals surface area contributed by atoms with Crippen molar-refractivity contribution in [3.63, 3.8) is 0 Å². The highest BCUT2D eigenvalue weighted by molar-refractivity contribution is 7.15. The molecule has 0 spiro atoms. The van der Waals surface area contributed by atoms with E-state index in [0.29, 0.717) is 34.2 Å². The van der Waals surface area contributed by atoms with Gasteiger partial charge in [-0.15, -0.1) is 0 Å².